The fraction of sp³-hybridized carbons (Fsp3) is 0.300. The second-order valence-electron chi connectivity index (χ2n) is 2.68. The van der Waals surface area contributed by atoms with E-state index in [9.17, 15) is 5.11 Å². The van der Waals surface area contributed by atoms with Crippen LogP contribution in [-0.4, -0.2) is 11.7 Å². The lowest BCUT2D eigenvalue weighted by molar-refractivity contribution is 0.337. The quantitative estimate of drug-likeness (QED) is 0.836. The van der Waals surface area contributed by atoms with E-state index in [2.05, 4.69) is 0 Å². The first-order valence-electron chi connectivity index (χ1n) is 4.20. The van der Waals surface area contributed by atoms with E-state index in [4.69, 9.17) is 21.6 Å². The molecule has 0 unspecified atom stereocenters. The van der Waals surface area contributed by atoms with Crippen molar-refractivity contribution in [1.29, 1.82) is 5.26 Å². The summed E-state index contributed by atoms with van der Waals surface area (Å²) in [4.78, 5) is 0. The molecule has 3 nitrogen and oxygen atoms in total. The summed E-state index contributed by atoms with van der Waals surface area (Å²) in [5.74, 6) is 0.479. The van der Waals surface area contributed by atoms with E-state index in [0.717, 1.165) is 0 Å². The van der Waals surface area contributed by atoms with Crippen LogP contribution >= 0.6 is 11.6 Å². The van der Waals surface area contributed by atoms with Crippen molar-refractivity contribution < 1.29 is 9.84 Å². The highest BCUT2D eigenvalue weighted by Gasteiger charge is 2.08. The molecular weight excluding hydrogens is 202 g/mol. The maximum atomic E-state index is 9.48. The zero-order chi connectivity index (χ0) is 10.6. The molecule has 1 aromatic rings. The smallest absolute Gasteiger partial charge is 0.141 e. The molecule has 4 heteroatoms. The lowest BCUT2D eigenvalue weighted by Crippen LogP contribution is -1.93. The number of rotatable bonds is 3. The van der Waals surface area contributed by atoms with Crippen LogP contribution in [0.1, 0.15) is 12.5 Å². The van der Waals surface area contributed by atoms with Gasteiger partial charge in [-0.3, -0.25) is 0 Å². The number of phenols is 1. The summed E-state index contributed by atoms with van der Waals surface area (Å²) >= 11 is 5.87. The number of halogens is 1. The number of hydrogen-bond acceptors (Lipinski definition) is 3. The van der Waals surface area contributed by atoms with Crippen molar-refractivity contribution in [3.05, 3.63) is 22.7 Å². The van der Waals surface area contributed by atoms with Gasteiger partial charge >= 0.3 is 0 Å². The Morgan fingerprint density at radius 2 is 2.29 bits per heavy atom. The molecule has 0 aromatic heterocycles. The van der Waals surface area contributed by atoms with Crippen LogP contribution in [0.25, 0.3) is 0 Å². The highest BCUT2D eigenvalue weighted by molar-refractivity contribution is 6.32. The van der Waals surface area contributed by atoms with Crippen LogP contribution in [0, 0.1) is 11.3 Å². The lowest BCUT2D eigenvalue weighted by Gasteiger charge is -2.08. The van der Waals surface area contributed by atoms with Gasteiger partial charge in [0.2, 0.25) is 0 Å². The number of nitriles is 1. The topological polar surface area (TPSA) is 53.2 Å². The van der Waals surface area contributed by atoms with Crippen molar-refractivity contribution in [2.75, 3.05) is 6.61 Å². The second-order valence-corrected chi connectivity index (χ2v) is 3.09. The minimum absolute atomic E-state index is 0.0411. The van der Waals surface area contributed by atoms with Crippen molar-refractivity contribution in [3.8, 4) is 17.6 Å². The molecule has 0 aliphatic rings. The predicted molar refractivity (Wildman–Crippen MR) is 53.6 cm³/mol. The number of ether oxygens (including phenoxy) is 1. The maximum absolute atomic E-state index is 9.48. The van der Waals surface area contributed by atoms with Crippen LogP contribution in [0.2, 0.25) is 5.02 Å². The summed E-state index contributed by atoms with van der Waals surface area (Å²) in [6.07, 6.45) is 0.137. The van der Waals surface area contributed by atoms with Gasteiger partial charge in [-0.15, -0.1) is 0 Å². The molecule has 0 fully saturated rings. The monoisotopic (exact) mass is 211 g/mol. The number of aromatic hydroxyl groups is 1. The summed E-state index contributed by atoms with van der Waals surface area (Å²) in [5, 5.41) is 18.4. The first-order chi connectivity index (χ1) is 6.69. The van der Waals surface area contributed by atoms with E-state index >= 15 is 0 Å². The van der Waals surface area contributed by atoms with Gasteiger partial charge in [0.05, 0.1) is 24.1 Å². The van der Waals surface area contributed by atoms with Gasteiger partial charge in [0.1, 0.15) is 11.5 Å². The van der Waals surface area contributed by atoms with Crippen LogP contribution in [-0.2, 0) is 6.42 Å². The van der Waals surface area contributed by atoms with Gasteiger partial charge in [0, 0.05) is 11.6 Å². The molecule has 0 bridgehead atoms. The standard InChI is InChI=1S/C10H10ClNO2/c1-2-14-10-6-9(13)7(3-4-12)5-8(10)11/h5-6,13H,2-3H2,1H3. The van der Waals surface area contributed by atoms with Gasteiger partial charge in [0.15, 0.2) is 0 Å². The van der Waals surface area contributed by atoms with Crippen molar-refractivity contribution in [1.82, 2.24) is 0 Å². The predicted octanol–water partition coefficient (Wildman–Crippen LogP) is 2.51. The van der Waals surface area contributed by atoms with Gasteiger partial charge in [-0.2, -0.15) is 5.26 Å². The minimum atomic E-state index is 0.0411. The van der Waals surface area contributed by atoms with E-state index in [1.807, 2.05) is 13.0 Å². The molecule has 0 aliphatic carbocycles. The van der Waals surface area contributed by atoms with Crippen molar-refractivity contribution >= 4 is 11.6 Å². The van der Waals surface area contributed by atoms with Gasteiger partial charge in [0.25, 0.3) is 0 Å². The van der Waals surface area contributed by atoms with Crippen LogP contribution in [0.15, 0.2) is 12.1 Å². The van der Waals surface area contributed by atoms with Crippen LogP contribution in [0.4, 0.5) is 0 Å². The zero-order valence-electron chi connectivity index (χ0n) is 7.75. The largest absolute Gasteiger partial charge is 0.507 e. The van der Waals surface area contributed by atoms with Crippen LogP contribution in [0.3, 0.4) is 0 Å². The molecule has 1 rings (SSSR count). The molecule has 0 aliphatic heterocycles. The summed E-state index contributed by atoms with van der Waals surface area (Å²) in [6.45, 7) is 2.31. The fourth-order valence-corrected chi connectivity index (χ4v) is 1.32. The molecule has 0 saturated heterocycles. The summed E-state index contributed by atoms with van der Waals surface area (Å²) in [5.41, 5.74) is 0.515. The molecule has 0 spiro atoms. The Bertz CT molecular complexity index is 371. The third kappa shape index (κ3) is 2.30. The SMILES string of the molecule is CCOc1cc(O)c(CC#N)cc1Cl. The Morgan fingerprint density at radius 3 is 2.86 bits per heavy atom. The molecule has 0 amide bonds. The molecule has 74 valence electrons. The van der Waals surface area contributed by atoms with E-state index < -0.39 is 0 Å². The van der Waals surface area contributed by atoms with Gasteiger partial charge in [-0.1, -0.05) is 11.6 Å². The van der Waals surface area contributed by atoms with E-state index in [0.29, 0.717) is 22.9 Å². The third-order valence-electron chi connectivity index (χ3n) is 1.70. The maximum Gasteiger partial charge on any atom is 0.141 e. The average molecular weight is 212 g/mol. The number of nitrogens with zero attached hydrogens (tertiary/aromatic N) is 1. The Hall–Kier alpha value is -1.40. The molecule has 0 saturated carbocycles. The molecule has 0 heterocycles. The molecule has 14 heavy (non-hydrogen) atoms. The first kappa shape index (κ1) is 10.7. The van der Waals surface area contributed by atoms with E-state index in [1.165, 1.54) is 6.07 Å². The molecular formula is C10H10ClNO2. The molecule has 1 aromatic carbocycles. The number of hydrogen-bond donors (Lipinski definition) is 1. The Kier molecular flexibility index (Phi) is 3.61. The van der Waals surface area contributed by atoms with Crippen LogP contribution < -0.4 is 4.74 Å². The van der Waals surface area contributed by atoms with Gasteiger partial charge in [-0.25, -0.2) is 0 Å². The van der Waals surface area contributed by atoms with Gasteiger partial charge < -0.3 is 9.84 Å². The van der Waals surface area contributed by atoms with Crippen molar-refractivity contribution in [3.63, 3.8) is 0 Å². The van der Waals surface area contributed by atoms with E-state index in [1.54, 1.807) is 6.07 Å². The van der Waals surface area contributed by atoms with E-state index in [-0.39, 0.29) is 12.2 Å². The molecule has 0 radical (unpaired) electrons. The summed E-state index contributed by atoms with van der Waals surface area (Å²) in [6, 6.07) is 4.92. The fourth-order valence-electron chi connectivity index (χ4n) is 1.08. The molecule has 0 atom stereocenters. The Labute approximate surface area is 87.5 Å². The normalized spacial score (nSPS) is 9.50. The van der Waals surface area contributed by atoms with Crippen LogP contribution in [0.5, 0.6) is 11.5 Å². The first-order valence-corrected chi connectivity index (χ1v) is 4.58. The number of benzene rings is 1. The zero-order valence-corrected chi connectivity index (χ0v) is 8.51. The van der Waals surface area contributed by atoms with Crippen molar-refractivity contribution in [2.24, 2.45) is 0 Å². The van der Waals surface area contributed by atoms with Crippen molar-refractivity contribution in [2.45, 2.75) is 13.3 Å². The summed E-state index contributed by atoms with van der Waals surface area (Å²) < 4.78 is 5.18. The third-order valence-corrected chi connectivity index (χ3v) is 2.00. The second kappa shape index (κ2) is 4.73. The average Bonchev–Trinajstić information content (AvgIpc) is 2.14. The highest BCUT2D eigenvalue weighted by atomic mass is 35.5. The Balaban J connectivity index is 3.05. The summed E-state index contributed by atoms with van der Waals surface area (Å²) in [7, 11) is 0. The van der Waals surface area contributed by atoms with Gasteiger partial charge in [-0.05, 0) is 13.0 Å². The minimum Gasteiger partial charge on any atom is -0.507 e. The Morgan fingerprint density at radius 1 is 1.57 bits per heavy atom. The molecule has 1 N–H and O–H groups in total. The highest BCUT2D eigenvalue weighted by Crippen LogP contribution is 2.32. The number of phenolic OH excluding ortho intramolecular Hbond substituents is 1. The lowest BCUT2D eigenvalue weighted by atomic mass is 10.1.